The van der Waals surface area contributed by atoms with Crippen LogP contribution in [-0.4, -0.2) is 17.8 Å². The van der Waals surface area contributed by atoms with Gasteiger partial charge in [-0.05, 0) is 60.7 Å². The number of anilines is 2. The number of hydrogen-bond donors (Lipinski definition) is 1. The third-order valence-electron chi connectivity index (χ3n) is 7.38. The maximum atomic E-state index is 5.68. The topological polar surface area (TPSA) is 35.4 Å². The molecule has 1 aliphatic rings. The molecule has 0 amide bonds. The van der Waals surface area contributed by atoms with Crippen molar-refractivity contribution < 1.29 is 9.47 Å². The van der Waals surface area contributed by atoms with Crippen LogP contribution in [0.1, 0.15) is 11.9 Å². The highest BCUT2D eigenvalue weighted by Gasteiger charge is 2.19. The maximum absolute atomic E-state index is 5.68. The highest BCUT2D eigenvalue weighted by atomic mass is 32.1. The first-order chi connectivity index (χ1) is 18.8. The molecular weight excluding hydrogens is 488 g/mol. The van der Waals surface area contributed by atoms with Gasteiger partial charge in [0.25, 0.3) is 0 Å². The van der Waals surface area contributed by atoms with Crippen molar-refractivity contribution in [1.82, 2.24) is 4.57 Å². The van der Waals surface area contributed by atoms with Gasteiger partial charge in [-0.3, -0.25) is 0 Å². The molecule has 0 saturated carbocycles. The van der Waals surface area contributed by atoms with E-state index in [1.54, 1.807) is 0 Å². The van der Waals surface area contributed by atoms with Crippen molar-refractivity contribution in [1.29, 1.82) is 0 Å². The standard InChI is InChI=1S/C33H24N2O2S/c1-3-7-29-25(5-1)27-19-22(34-23-12-16-32-28(20-23)26-6-2-4-8-31(26)38-32)11-15-30(27)35(29)24-13-9-21(10-14-24)33-36-17-18-37-33/h1-16,19-20,33-34H,17-18H2. The van der Waals surface area contributed by atoms with Gasteiger partial charge < -0.3 is 19.4 Å². The summed E-state index contributed by atoms with van der Waals surface area (Å²) < 4.78 is 16.3. The Balaban J connectivity index is 1.20. The number of nitrogens with one attached hydrogen (secondary N) is 1. The quantitative estimate of drug-likeness (QED) is 0.256. The molecule has 0 unspecified atom stereocenters. The van der Waals surface area contributed by atoms with E-state index in [1.807, 2.05) is 11.3 Å². The molecule has 2 aromatic heterocycles. The first-order valence-corrected chi connectivity index (χ1v) is 13.7. The second-order valence-electron chi connectivity index (χ2n) is 9.68. The summed E-state index contributed by atoms with van der Waals surface area (Å²) in [5.41, 5.74) is 6.70. The van der Waals surface area contributed by atoms with Crippen molar-refractivity contribution in [2.75, 3.05) is 18.5 Å². The number of fused-ring (bicyclic) bond motifs is 6. The van der Waals surface area contributed by atoms with Crippen LogP contribution in [0.25, 0.3) is 47.7 Å². The fourth-order valence-electron chi connectivity index (χ4n) is 5.63. The number of benzene rings is 5. The maximum Gasteiger partial charge on any atom is 0.184 e. The summed E-state index contributed by atoms with van der Waals surface area (Å²) in [7, 11) is 0. The molecule has 1 N–H and O–H groups in total. The molecule has 0 bridgehead atoms. The molecule has 0 radical (unpaired) electrons. The summed E-state index contributed by atoms with van der Waals surface area (Å²) in [6, 6.07) is 39.0. The zero-order chi connectivity index (χ0) is 25.1. The van der Waals surface area contributed by atoms with E-state index in [1.165, 1.54) is 42.0 Å². The number of para-hydroxylation sites is 1. The van der Waals surface area contributed by atoms with Crippen LogP contribution >= 0.6 is 11.3 Å². The van der Waals surface area contributed by atoms with Gasteiger partial charge in [0.05, 0.1) is 24.2 Å². The van der Waals surface area contributed by atoms with E-state index in [2.05, 4.69) is 119 Å². The first-order valence-electron chi connectivity index (χ1n) is 12.9. The monoisotopic (exact) mass is 512 g/mol. The van der Waals surface area contributed by atoms with Gasteiger partial charge in [0.2, 0.25) is 0 Å². The molecule has 0 spiro atoms. The second kappa shape index (κ2) is 8.71. The van der Waals surface area contributed by atoms with E-state index >= 15 is 0 Å². The number of hydrogen-bond acceptors (Lipinski definition) is 4. The number of ether oxygens (including phenoxy) is 2. The Hall–Kier alpha value is -4.16. The summed E-state index contributed by atoms with van der Waals surface area (Å²) in [4.78, 5) is 0. The van der Waals surface area contributed by atoms with Gasteiger partial charge in [-0.25, -0.2) is 0 Å². The third kappa shape index (κ3) is 3.51. The van der Waals surface area contributed by atoms with Crippen LogP contribution in [-0.2, 0) is 9.47 Å². The van der Waals surface area contributed by atoms with E-state index in [0.29, 0.717) is 13.2 Å². The molecule has 4 nitrogen and oxygen atoms in total. The molecule has 1 fully saturated rings. The normalized spacial score (nSPS) is 14.3. The molecule has 0 aliphatic carbocycles. The number of thiophene rings is 1. The smallest absolute Gasteiger partial charge is 0.184 e. The number of aromatic nitrogens is 1. The van der Waals surface area contributed by atoms with Crippen LogP contribution in [0.2, 0.25) is 0 Å². The molecule has 8 rings (SSSR count). The van der Waals surface area contributed by atoms with E-state index in [4.69, 9.17) is 9.47 Å². The second-order valence-corrected chi connectivity index (χ2v) is 10.8. The van der Waals surface area contributed by atoms with Crippen molar-refractivity contribution in [3.05, 3.63) is 115 Å². The number of nitrogens with zero attached hydrogens (tertiary/aromatic N) is 1. The highest BCUT2D eigenvalue weighted by Crippen LogP contribution is 2.37. The third-order valence-corrected chi connectivity index (χ3v) is 8.54. The van der Waals surface area contributed by atoms with Gasteiger partial charge in [-0.15, -0.1) is 11.3 Å². The summed E-state index contributed by atoms with van der Waals surface area (Å²) in [5.74, 6) is 0. The highest BCUT2D eigenvalue weighted by molar-refractivity contribution is 7.25. The van der Waals surface area contributed by atoms with E-state index < -0.39 is 0 Å². The lowest BCUT2D eigenvalue weighted by atomic mass is 10.1. The van der Waals surface area contributed by atoms with Crippen LogP contribution in [0.5, 0.6) is 0 Å². The predicted octanol–water partition coefficient (Wildman–Crippen LogP) is 8.94. The summed E-state index contributed by atoms with van der Waals surface area (Å²) >= 11 is 1.84. The number of rotatable bonds is 4. The van der Waals surface area contributed by atoms with E-state index in [-0.39, 0.29) is 6.29 Å². The largest absolute Gasteiger partial charge is 0.355 e. The zero-order valence-electron chi connectivity index (χ0n) is 20.6. The fourth-order valence-corrected chi connectivity index (χ4v) is 6.72. The Labute approximate surface area is 223 Å². The van der Waals surface area contributed by atoms with Gasteiger partial charge in [0.1, 0.15) is 0 Å². The summed E-state index contributed by atoms with van der Waals surface area (Å²) in [6.45, 7) is 1.29. The average Bonchev–Trinajstić information content (AvgIpc) is 3.70. The molecule has 3 heterocycles. The van der Waals surface area contributed by atoms with Gasteiger partial charge in [-0.2, -0.15) is 0 Å². The molecule has 0 atom stereocenters. The molecule has 1 saturated heterocycles. The van der Waals surface area contributed by atoms with Crippen LogP contribution in [0.15, 0.2) is 109 Å². The molecule has 184 valence electrons. The van der Waals surface area contributed by atoms with Crippen molar-refractivity contribution in [2.45, 2.75) is 6.29 Å². The van der Waals surface area contributed by atoms with Gasteiger partial charge in [-0.1, -0.05) is 48.5 Å². The van der Waals surface area contributed by atoms with Crippen LogP contribution in [0.4, 0.5) is 11.4 Å². The lowest BCUT2D eigenvalue weighted by Gasteiger charge is -2.12. The SMILES string of the molecule is c1ccc2c(c1)sc1ccc(Nc3ccc4c(c3)c3ccccc3n4-c3ccc(C4OCCO4)cc3)cc12. The van der Waals surface area contributed by atoms with Crippen LogP contribution < -0.4 is 5.32 Å². The lowest BCUT2D eigenvalue weighted by molar-refractivity contribution is -0.0441. The average molecular weight is 513 g/mol. The van der Waals surface area contributed by atoms with E-state index in [9.17, 15) is 0 Å². The molecule has 38 heavy (non-hydrogen) atoms. The molecule has 1 aliphatic heterocycles. The first kappa shape index (κ1) is 21.9. The summed E-state index contributed by atoms with van der Waals surface area (Å²) in [6.07, 6.45) is -0.262. The fraction of sp³-hybridized carbons (Fsp3) is 0.0909. The minimum absolute atomic E-state index is 0.262. The van der Waals surface area contributed by atoms with Crippen molar-refractivity contribution in [3.8, 4) is 5.69 Å². The predicted molar refractivity (Wildman–Crippen MR) is 158 cm³/mol. The molecule has 5 heteroatoms. The Kier molecular flexibility index (Phi) is 5.01. The molecule has 5 aromatic carbocycles. The molecule has 7 aromatic rings. The van der Waals surface area contributed by atoms with E-state index in [0.717, 1.165) is 22.6 Å². The molecular formula is C33H24N2O2S. The zero-order valence-corrected chi connectivity index (χ0v) is 21.4. The van der Waals surface area contributed by atoms with Crippen LogP contribution in [0, 0.1) is 0 Å². The van der Waals surface area contributed by atoms with Gasteiger partial charge in [0, 0.05) is 53.6 Å². The van der Waals surface area contributed by atoms with Crippen molar-refractivity contribution in [3.63, 3.8) is 0 Å². The van der Waals surface area contributed by atoms with Crippen LogP contribution in [0.3, 0.4) is 0 Å². The van der Waals surface area contributed by atoms with Crippen molar-refractivity contribution in [2.24, 2.45) is 0 Å². The van der Waals surface area contributed by atoms with Gasteiger partial charge >= 0.3 is 0 Å². The lowest BCUT2D eigenvalue weighted by Crippen LogP contribution is -1.99. The minimum Gasteiger partial charge on any atom is -0.355 e. The summed E-state index contributed by atoms with van der Waals surface area (Å²) in [5, 5.41) is 8.73. The Morgan fingerprint density at radius 1 is 0.605 bits per heavy atom. The Bertz CT molecular complexity index is 1960. The van der Waals surface area contributed by atoms with Gasteiger partial charge in [0.15, 0.2) is 6.29 Å². The minimum atomic E-state index is -0.262. The Morgan fingerprint density at radius 3 is 2.11 bits per heavy atom. The Morgan fingerprint density at radius 2 is 1.26 bits per heavy atom. The van der Waals surface area contributed by atoms with Crippen molar-refractivity contribution >= 4 is 64.7 Å².